The maximum atomic E-state index is 11.3. The molecule has 1 aliphatic heterocycles. The minimum absolute atomic E-state index is 0.123. The van der Waals surface area contributed by atoms with Crippen LogP contribution in [0.1, 0.15) is 37.7 Å². The van der Waals surface area contributed by atoms with Crippen molar-refractivity contribution in [1.82, 2.24) is 5.32 Å². The summed E-state index contributed by atoms with van der Waals surface area (Å²) in [5.74, 6) is -0.206. The fourth-order valence-electron chi connectivity index (χ4n) is 3.13. The van der Waals surface area contributed by atoms with Crippen molar-refractivity contribution in [2.45, 2.75) is 37.7 Å². The Morgan fingerprint density at radius 2 is 2.33 bits per heavy atom. The SMILES string of the molecule is NC(=O)CCCC(O)(c1cccc(Cl)c1)C1CCCNC1. The zero-order chi connectivity index (χ0) is 15.3. The molecule has 0 bridgehead atoms. The lowest BCUT2D eigenvalue weighted by Crippen LogP contribution is -2.44. The fraction of sp³-hybridized carbons (Fsp3) is 0.562. The first-order valence-corrected chi connectivity index (χ1v) is 7.87. The van der Waals surface area contributed by atoms with Gasteiger partial charge in [0, 0.05) is 23.9 Å². The molecule has 0 aromatic heterocycles. The number of carbonyl (C=O) groups is 1. The van der Waals surface area contributed by atoms with Gasteiger partial charge in [0.05, 0.1) is 5.60 Å². The highest BCUT2D eigenvalue weighted by Gasteiger charge is 2.38. The number of benzene rings is 1. The van der Waals surface area contributed by atoms with Crippen molar-refractivity contribution < 1.29 is 9.90 Å². The first-order valence-electron chi connectivity index (χ1n) is 7.50. The summed E-state index contributed by atoms with van der Waals surface area (Å²) >= 11 is 6.07. The van der Waals surface area contributed by atoms with Crippen molar-refractivity contribution in [2.24, 2.45) is 11.7 Å². The molecule has 1 amide bonds. The smallest absolute Gasteiger partial charge is 0.217 e. The van der Waals surface area contributed by atoms with E-state index in [1.165, 1.54) is 0 Å². The van der Waals surface area contributed by atoms with Gasteiger partial charge in [0.1, 0.15) is 0 Å². The quantitative estimate of drug-likeness (QED) is 0.754. The lowest BCUT2D eigenvalue weighted by Gasteiger charge is -2.39. The molecule has 21 heavy (non-hydrogen) atoms. The predicted molar refractivity (Wildman–Crippen MR) is 84.0 cm³/mol. The lowest BCUT2D eigenvalue weighted by molar-refractivity contribution is -0.118. The highest BCUT2D eigenvalue weighted by molar-refractivity contribution is 6.30. The summed E-state index contributed by atoms with van der Waals surface area (Å²) < 4.78 is 0. The molecule has 1 saturated heterocycles. The van der Waals surface area contributed by atoms with E-state index in [-0.39, 0.29) is 11.8 Å². The zero-order valence-electron chi connectivity index (χ0n) is 12.1. The maximum Gasteiger partial charge on any atom is 0.217 e. The van der Waals surface area contributed by atoms with Crippen LogP contribution in [0.5, 0.6) is 0 Å². The third kappa shape index (κ3) is 4.19. The van der Waals surface area contributed by atoms with E-state index in [1.807, 2.05) is 18.2 Å². The average molecular weight is 311 g/mol. The maximum absolute atomic E-state index is 11.3. The molecule has 2 rings (SSSR count). The molecular formula is C16H23ClN2O2. The molecule has 1 aliphatic rings. The third-order valence-corrected chi connectivity index (χ3v) is 4.51. The Balaban J connectivity index is 2.21. The summed E-state index contributed by atoms with van der Waals surface area (Å²) in [5.41, 5.74) is 5.07. The van der Waals surface area contributed by atoms with Crippen LogP contribution >= 0.6 is 11.6 Å². The van der Waals surface area contributed by atoms with Gasteiger partial charge < -0.3 is 16.2 Å². The van der Waals surface area contributed by atoms with E-state index < -0.39 is 5.60 Å². The molecule has 4 nitrogen and oxygen atoms in total. The molecule has 1 fully saturated rings. The summed E-state index contributed by atoms with van der Waals surface area (Å²) in [6, 6.07) is 7.38. The van der Waals surface area contributed by atoms with E-state index in [0.29, 0.717) is 24.3 Å². The standard InChI is InChI=1S/C16H23ClN2O2/c17-14-6-1-4-12(10-14)16(21,8-2-7-15(18)20)13-5-3-9-19-11-13/h1,4,6,10,13,19,21H,2-3,5,7-9,11H2,(H2,18,20). The number of primary amides is 1. The number of carbonyl (C=O) groups excluding carboxylic acids is 1. The molecule has 1 heterocycles. The lowest BCUT2D eigenvalue weighted by atomic mass is 9.74. The minimum atomic E-state index is -0.965. The van der Waals surface area contributed by atoms with Gasteiger partial charge >= 0.3 is 0 Å². The van der Waals surface area contributed by atoms with Crippen molar-refractivity contribution in [1.29, 1.82) is 0 Å². The second kappa shape index (κ2) is 7.25. The molecule has 0 spiro atoms. The second-order valence-corrected chi connectivity index (χ2v) is 6.23. The summed E-state index contributed by atoms with van der Waals surface area (Å²) in [6.45, 7) is 1.77. The number of halogens is 1. The number of hydrogen-bond donors (Lipinski definition) is 3. The Morgan fingerprint density at radius 3 is 2.95 bits per heavy atom. The van der Waals surface area contributed by atoms with Crippen molar-refractivity contribution in [3.8, 4) is 0 Å². The molecule has 116 valence electrons. The second-order valence-electron chi connectivity index (χ2n) is 5.80. The van der Waals surface area contributed by atoms with Crippen LogP contribution in [-0.4, -0.2) is 24.1 Å². The van der Waals surface area contributed by atoms with Gasteiger partial charge in [-0.1, -0.05) is 23.7 Å². The van der Waals surface area contributed by atoms with Crippen molar-refractivity contribution in [2.75, 3.05) is 13.1 Å². The molecule has 2 atom stereocenters. The average Bonchev–Trinajstić information content (AvgIpc) is 2.47. The van der Waals surface area contributed by atoms with Gasteiger partial charge in [-0.15, -0.1) is 0 Å². The number of amides is 1. The van der Waals surface area contributed by atoms with E-state index >= 15 is 0 Å². The topological polar surface area (TPSA) is 75.4 Å². The van der Waals surface area contributed by atoms with Crippen LogP contribution in [0.15, 0.2) is 24.3 Å². The number of nitrogens with one attached hydrogen (secondary N) is 1. The molecule has 0 saturated carbocycles. The van der Waals surface area contributed by atoms with Crippen LogP contribution in [0.4, 0.5) is 0 Å². The molecule has 4 N–H and O–H groups in total. The molecular weight excluding hydrogens is 288 g/mol. The first-order chi connectivity index (χ1) is 10.0. The van der Waals surface area contributed by atoms with Crippen molar-refractivity contribution >= 4 is 17.5 Å². The van der Waals surface area contributed by atoms with E-state index in [0.717, 1.165) is 31.5 Å². The third-order valence-electron chi connectivity index (χ3n) is 4.28. The molecule has 2 unspecified atom stereocenters. The van der Waals surface area contributed by atoms with Crippen molar-refractivity contribution in [3.05, 3.63) is 34.9 Å². The zero-order valence-corrected chi connectivity index (χ0v) is 12.9. The summed E-state index contributed by atoms with van der Waals surface area (Å²) in [7, 11) is 0. The molecule has 5 heteroatoms. The van der Waals surface area contributed by atoms with E-state index in [4.69, 9.17) is 17.3 Å². The number of nitrogens with two attached hydrogens (primary N) is 1. The van der Waals surface area contributed by atoms with Crippen LogP contribution < -0.4 is 11.1 Å². The minimum Gasteiger partial charge on any atom is -0.385 e. The van der Waals surface area contributed by atoms with Gasteiger partial charge in [-0.05, 0) is 49.9 Å². The highest BCUT2D eigenvalue weighted by Crippen LogP contribution is 2.38. The normalized spacial score (nSPS) is 21.7. The Hall–Kier alpha value is -1.10. The molecule has 0 aliphatic carbocycles. The van der Waals surface area contributed by atoms with Gasteiger partial charge in [-0.25, -0.2) is 0 Å². The number of rotatable bonds is 6. The molecule has 1 aromatic carbocycles. The van der Waals surface area contributed by atoms with Gasteiger partial charge in [-0.3, -0.25) is 4.79 Å². The van der Waals surface area contributed by atoms with Crippen LogP contribution in [0, 0.1) is 5.92 Å². The Labute approximate surface area is 130 Å². The summed E-state index contributed by atoms with van der Waals surface area (Å²) in [4.78, 5) is 11.0. The predicted octanol–water partition coefficient (Wildman–Crippen LogP) is 2.18. The largest absolute Gasteiger partial charge is 0.385 e. The van der Waals surface area contributed by atoms with Gasteiger partial charge in [0.2, 0.25) is 5.91 Å². The molecule has 0 radical (unpaired) electrons. The van der Waals surface area contributed by atoms with Crippen LogP contribution in [0.25, 0.3) is 0 Å². The number of aliphatic hydroxyl groups is 1. The van der Waals surface area contributed by atoms with Crippen LogP contribution in [-0.2, 0) is 10.4 Å². The molecule has 1 aromatic rings. The first kappa shape index (κ1) is 16.3. The number of piperidine rings is 1. The van der Waals surface area contributed by atoms with Gasteiger partial charge in [0.15, 0.2) is 0 Å². The fourth-order valence-corrected chi connectivity index (χ4v) is 3.32. The Kier molecular flexibility index (Phi) is 5.62. The van der Waals surface area contributed by atoms with Gasteiger partial charge in [-0.2, -0.15) is 0 Å². The van der Waals surface area contributed by atoms with E-state index in [9.17, 15) is 9.90 Å². The summed E-state index contributed by atoms with van der Waals surface area (Å²) in [5, 5.41) is 15.2. The van der Waals surface area contributed by atoms with Crippen LogP contribution in [0.3, 0.4) is 0 Å². The highest BCUT2D eigenvalue weighted by atomic mass is 35.5. The van der Waals surface area contributed by atoms with Crippen molar-refractivity contribution in [3.63, 3.8) is 0 Å². The van der Waals surface area contributed by atoms with Crippen LogP contribution in [0.2, 0.25) is 5.02 Å². The summed E-state index contributed by atoms with van der Waals surface area (Å²) in [6.07, 6.45) is 3.40. The number of hydrogen-bond acceptors (Lipinski definition) is 3. The van der Waals surface area contributed by atoms with Gasteiger partial charge in [0.25, 0.3) is 0 Å². The van der Waals surface area contributed by atoms with E-state index in [2.05, 4.69) is 5.32 Å². The Morgan fingerprint density at radius 1 is 1.52 bits per heavy atom. The Bertz CT molecular complexity index is 489. The monoisotopic (exact) mass is 310 g/mol. The van der Waals surface area contributed by atoms with E-state index in [1.54, 1.807) is 6.07 Å².